The first-order valence-electron chi connectivity index (χ1n) is 15.7. The van der Waals surface area contributed by atoms with E-state index < -0.39 is 42.3 Å². The van der Waals surface area contributed by atoms with Crippen molar-refractivity contribution in [1.82, 2.24) is 9.80 Å². The number of piperazine rings is 1. The van der Waals surface area contributed by atoms with Gasteiger partial charge in [-0.15, -0.1) is 0 Å². The van der Waals surface area contributed by atoms with Crippen LogP contribution >= 0.6 is 0 Å². The first-order chi connectivity index (χ1) is 19.5. The number of nitrogens with zero attached hydrogens (tertiary/aromatic N) is 2. The van der Waals surface area contributed by atoms with Crippen molar-refractivity contribution in [3.8, 4) is 0 Å². The van der Waals surface area contributed by atoms with E-state index in [-0.39, 0.29) is 13.1 Å². The van der Waals surface area contributed by atoms with Gasteiger partial charge in [0.25, 0.3) is 0 Å². The summed E-state index contributed by atoms with van der Waals surface area (Å²) in [5.41, 5.74) is -0.587. The normalized spacial score (nSPS) is 18.8. The van der Waals surface area contributed by atoms with Gasteiger partial charge in [0.1, 0.15) is 17.5 Å². The second-order valence-electron chi connectivity index (χ2n) is 12.1. The fourth-order valence-electron chi connectivity index (χ4n) is 4.86. The zero-order valence-corrected chi connectivity index (χ0v) is 26.0. The van der Waals surface area contributed by atoms with E-state index in [1.807, 2.05) is 0 Å². The van der Waals surface area contributed by atoms with Gasteiger partial charge in [-0.25, -0.2) is 14.4 Å². The minimum absolute atomic E-state index is 0.286. The molecule has 2 rings (SSSR count). The molecule has 2 aliphatic heterocycles. The lowest BCUT2D eigenvalue weighted by atomic mass is 10.0. The minimum atomic E-state index is -1.10. The summed E-state index contributed by atoms with van der Waals surface area (Å²) in [7, 11) is 0. The molecule has 10 nitrogen and oxygen atoms in total. The average molecular weight is 583 g/mol. The van der Waals surface area contributed by atoms with E-state index in [4.69, 9.17) is 18.9 Å². The Morgan fingerprint density at radius 3 is 1.93 bits per heavy atom. The predicted octanol–water partition coefficient (Wildman–Crippen LogP) is 6.30. The maximum absolute atomic E-state index is 12.5. The van der Waals surface area contributed by atoms with E-state index in [1.54, 1.807) is 31.7 Å². The first kappa shape index (κ1) is 34.7. The highest BCUT2D eigenvalue weighted by Gasteiger charge is 2.33. The number of aliphatic hydroxyl groups excluding tert-OH is 1. The molecule has 0 saturated carbocycles. The summed E-state index contributed by atoms with van der Waals surface area (Å²) in [5, 5.41) is 10.5. The van der Waals surface area contributed by atoms with E-state index in [0.717, 1.165) is 12.8 Å². The van der Waals surface area contributed by atoms with Crippen molar-refractivity contribution >= 4 is 18.2 Å². The summed E-state index contributed by atoms with van der Waals surface area (Å²) in [6.07, 6.45) is 12.6. The van der Waals surface area contributed by atoms with Gasteiger partial charge >= 0.3 is 18.2 Å². The highest BCUT2D eigenvalue weighted by molar-refractivity contribution is 5.76. The molecule has 2 amide bonds. The van der Waals surface area contributed by atoms with Gasteiger partial charge in [0.15, 0.2) is 6.10 Å². The molecule has 0 aromatic heterocycles. The Labute approximate surface area is 246 Å². The number of aliphatic hydroxyl groups is 1. The summed E-state index contributed by atoms with van der Waals surface area (Å²) in [4.78, 5) is 40.3. The lowest BCUT2D eigenvalue weighted by Gasteiger charge is -2.35. The Balaban J connectivity index is 1.57. The van der Waals surface area contributed by atoms with Crippen molar-refractivity contribution in [2.75, 3.05) is 26.2 Å². The van der Waals surface area contributed by atoms with Gasteiger partial charge in [-0.05, 0) is 33.3 Å². The van der Waals surface area contributed by atoms with Crippen LogP contribution in [0.3, 0.4) is 0 Å². The molecule has 0 aliphatic carbocycles. The van der Waals surface area contributed by atoms with E-state index >= 15 is 0 Å². The van der Waals surface area contributed by atoms with Gasteiger partial charge in [-0.3, -0.25) is 0 Å². The standard InChI is InChI=1S/C31H54N2O8/c1-6-7-8-9-10-11-12-13-14-15-16-17-25(34)26-18-19-27(40-26)28(35)38-24(2)39-29(36)32-20-22-33(23-21-32)30(37)41-31(3,4)5/h18,24-25,27,34H,6-17,19-23H2,1-5H3. The SMILES string of the molecule is CCCCCCCCCCCCCC(O)C1=CCC(C(=O)OC(C)OC(=O)N2CCN(C(=O)OC(C)(C)C)CC2)O1. The van der Waals surface area contributed by atoms with Crippen LogP contribution in [-0.2, 0) is 23.7 Å². The van der Waals surface area contributed by atoms with Crippen molar-refractivity contribution < 1.29 is 38.4 Å². The molecule has 0 aromatic rings. The van der Waals surface area contributed by atoms with Crippen molar-refractivity contribution in [1.29, 1.82) is 0 Å². The molecular formula is C31H54N2O8. The van der Waals surface area contributed by atoms with Crippen LogP contribution in [0.2, 0.25) is 0 Å². The molecule has 10 heteroatoms. The molecule has 0 spiro atoms. The zero-order valence-electron chi connectivity index (χ0n) is 26.0. The number of unbranched alkanes of at least 4 members (excludes halogenated alkanes) is 10. The van der Waals surface area contributed by atoms with Crippen LogP contribution in [-0.4, -0.2) is 83.3 Å². The number of amides is 2. The third-order valence-corrected chi connectivity index (χ3v) is 7.22. The minimum Gasteiger partial charge on any atom is -0.480 e. The molecule has 0 radical (unpaired) electrons. The molecule has 1 fully saturated rings. The Bertz CT molecular complexity index is 832. The third-order valence-electron chi connectivity index (χ3n) is 7.22. The molecule has 1 saturated heterocycles. The molecule has 236 valence electrons. The van der Waals surface area contributed by atoms with Crippen LogP contribution in [0.4, 0.5) is 9.59 Å². The second kappa shape index (κ2) is 18.1. The number of esters is 1. The van der Waals surface area contributed by atoms with E-state index in [1.165, 1.54) is 69.6 Å². The Hall–Kier alpha value is -2.49. The Morgan fingerprint density at radius 2 is 1.39 bits per heavy atom. The number of rotatable bonds is 16. The Kier molecular flexibility index (Phi) is 15.4. The van der Waals surface area contributed by atoms with Crippen LogP contribution < -0.4 is 0 Å². The lowest BCUT2D eigenvalue weighted by Crippen LogP contribution is -2.52. The molecular weight excluding hydrogens is 528 g/mol. The van der Waals surface area contributed by atoms with Gasteiger partial charge in [-0.2, -0.15) is 0 Å². The molecule has 0 aromatic carbocycles. The average Bonchev–Trinajstić information content (AvgIpc) is 3.41. The maximum atomic E-state index is 12.5. The van der Waals surface area contributed by atoms with Crippen molar-refractivity contribution in [2.45, 2.75) is 142 Å². The Morgan fingerprint density at radius 1 is 0.878 bits per heavy atom. The molecule has 3 atom stereocenters. The zero-order chi connectivity index (χ0) is 30.3. The van der Waals surface area contributed by atoms with Gasteiger partial charge in [0.05, 0.1) is 0 Å². The summed E-state index contributed by atoms with van der Waals surface area (Å²) in [5.74, 6) is -0.236. The van der Waals surface area contributed by atoms with Crippen LogP contribution in [0.1, 0.15) is 118 Å². The number of carbonyl (C=O) groups is 3. The molecule has 3 unspecified atom stereocenters. The van der Waals surface area contributed by atoms with Crippen molar-refractivity contribution in [2.24, 2.45) is 0 Å². The first-order valence-corrected chi connectivity index (χ1v) is 15.7. The number of ether oxygens (including phenoxy) is 4. The molecule has 1 N–H and O–H groups in total. The maximum Gasteiger partial charge on any atom is 0.412 e. The van der Waals surface area contributed by atoms with Gasteiger partial charge < -0.3 is 33.9 Å². The van der Waals surface area contributed by atoms with E-state index in [9.17, 15) is 19.5 Å². The summed E-state index contributed by atoms with van der Waals surface area (Å²) in [6, 6.07) is 0. The molecule has 41 heavy (non-hydrogen) atoms. The highest BCUT2D eigenvalue weighted by atomic mass is 16.7. The molecule has 0 bridgehead atoms. The smallest absolute Gasteiger partial charge is 0.412 e. The van der Waals surface area contributed by atoms with E-state index in [2.05, 4.69) is 6.92 Å². The summed E-state index contributed by atoms with van der Waals surface area (Å²) >= 11 is 0. The summed E-state index contributed by atoms with van der Waals surface area (Å²) < 4.78 is 21.6. The fraction of sp³-hybridized carbons (Fsp3) is 0.839. The van der Waals surface area contributed by atoms with Crippen LogP contribution in [0.5, 0.6) is 0 Å². The number of hydrogen-bond acceptors (Lipinski definition) is 8. The number of hydrogen-bond donors (Lipinski definition) is 1. The fourth-order valence-corrected chi connectivity index (χ4v) is 4.86. The van der Waals surface area contributed by atoms with Crippen LogP contribution in [0, 0.1) is 0 Å². The second-order valence-corrected chi connectivity index (χ2v) is 12.1. The third kappa shape index (κ3) is 13.8. The van der Waals surface area contributed by atoms with Crippen LogP contribution in [0.15, 0.2) is 11.8 Å². The van der Waals surface area contributed by atoms with Gasteiger partial charge in [0.2, 0.25) is 6.29 Å². The largest absolute Gasteiger partial charge is 0.480 e. The van der Waals surface area contributed by atoms with Crippen molar-refractivity contribution in [3.63, 3.8) is 0 Å². The quantitative estimate of drug-likeness (QED) is 0.128. The van der Waals surface area contributed by atoms with Crippen molar-refractivity contribution in [3.05, 3.63) is 11.8 Å². The van der Waals surface area contributed by atoms with Gasteiger partial charge in [0, 0.05) is 39.5 Å². The predicted molar refractivity (Wildman–Crippen MR) is 156 cm³/mol. The van der Waals surface area contributed by atoms with Crippen LogP contribution in [0.25, 0.3) is 0 Å². The summed E-state index contributed by atoms with van der Waals surface area (Å²) in [6.45, 7) is 10.3. The lowest BCUT2D eigenvalue weighted by molar-refractivity contribution is -0.176. The topological polar surface area (TPSA) is 115 Å². The monoisotopic (exact) mass is 582 g/mol. The molecule has 2 heterocycles. The van der Waals surface area contributed by atoms with Gasteiger partial charge in [-0.1, -0.05) is 77.6 Å². The highest BCUT2D eigenvalue weighted by Crippen LogP contribution is 2.24. The molecule has 2 aliphatic rings. The number of carbonyl (C=O) groups excluding carboxylic acids is 3. The van der Waals surface area contributed by atoms with E-state index in [0.29, 0.717) is 31.7 Å².